The minimum Gasteiger partial charge on any atom is -0.389 e. The Morgan fingerprint density at radius 2 is 1.93 bits per heavy atom. The molecule has 2 heteroatoms. The van der Waals surface area contributed by atoms with Gasteiger partial charge in [0.2, 0.25) is 0 Å². The Morgan fingerprint density at radius 1 is 1.29 bits per heavy atom. The van der Waals surface area contributed by atoms with Crippen molar-refractivity contribution in [2.75, 3.05) is 6.54 Å². The molecule has 86 valence electrons. The van der Waals surface area contributed by atoms with E-state index in [9.17, 15) is 5.11 Å². The molecular formula is C12H27NO. The van der Waals surface area contributed by atoms with Gasteiger partial charge in [0.25, 0.3) is 0 Å². The average molecular weight is 201 g/mol. The van der Waals surface area contributed by atoms with Crippen LogP contribution in [0.15, 0.2) is 0 Å². The predicted molar refractivity (Wildman–Crippen MR) is 62.5 cm³/mol. The monoisotopic (exact) mass is 201 g/mol. The van der Waals surface area contributed by atoms with Gasteiger partial charge >= 0.3 is 0 Å². The number of hydrogen-bond donors (Lipinski definition) is 2. The highest BCUT2D eigenvalue weighted by Gasteiger charge is 2.18. The Kier molecular flexibility index (Phi) is 7.20. The zero-order chi connectivity index (χ0) is 11.0. The SMILES string of the molecule is CCCCC(CC)NCC(C)(O)CC. The minimum atomic E-state index is -0.542. The van der Waals surface area contributed by atoms with E-state index >= 15 is 0 Å². The zero-order valence-electron chi connectivity index (χ0n) is 10.3. The molecule has 2 atom stereocenters. The van der Waals surface area contributed by atoms with E-state index in [1.807, 2.05) is 13.8 Å². The molecule has 2 unspecified atom stereocenters. The summed E-state index contributed by atoms with van der Waals surface area (Å²) < 4.78 is 0. The first kappa shape index (κ1) is 13.9. The Morgan fingerprint density at radius 3 is 2.36 bits per heavy atom. The summed E-state index contributed by atoms with van der Waals surface area (Å²) in [6, 6.07) is 0.577. The summed E-state index contributed by atoms with van der Waals surface area (Å²) in [5, 5.41) is 13.3. The van der Waals surface area contributed by atoms with Crippen LogP contribution in [-0.4, -0.2) is 23.3 Å². The largest absolute Gasteiger partial charge is 0.389 e. The minimum absolute atomic E-state index is 0.542. The fraction of sp³-hybridized carbons (Fsp3) is 1.00. The van der Waals surface area contributed by atoms with Crippen molar-refractivity contribution in [1.82, 2.24) is 5.32 Å². The molecule has 0 aliphatic heterocycles. The molecule has 0 radical (unpaired) electrons. The van der Waals surface area contributed by atoms with Crippen molar-refractivity contribution in [3.8, 4) is 0 Å². The lowest BCUT2D eigenvalue weighted by atomic mass is 10.0. The van der Waals surface area contributed by atoms with Crippen LogP contribution >= 0.6 is 0 Å². The van der Waals surface area contributed by atoms with Gasteiger partial charge in [0, 0.05) is 12.6 Å². The van der Waals surface area contributed by atoms with Crippen molar-refractivity contribution < 1.29 is 5.11 Å². The van der Waals surface area contributed by atoms with Gasteiger partial charge in [-0.15, -0.1) is 0 Å². The fourth-order valence-electron chi connectivity index (χ4n) is 1.39. The molecule has 2 N–H and O–H groups in total. The molecule has 0 saturated heterocycles. The third-order valence-corrected chi connectivity index (χ3v) is 2.93. The van der Waals surface area contributed by atoms with Crippen LogP contribution < -0.4 is 5.32 Å². The van der Waals surface area contributed by atoms with Gasteiger partial charge < -0.3 is 10.4 Å². The third kappa shape index (κ3) is 6.39. The topological polar surface area (TPSA) is 32.3 Å². The summed E-state index contributed by atoms with van der Waals surface area (Å²) in [5.74, 6) is 0. The number of aliphatic hydroxyl groups is 1. The summed E-state index contributed by atoms with van der Waals surface area (Å²) in [7, 11) is 0. The van der Waals surface area contributed by atoms with E-state index in [0.717, 1.165) is 12.8 Å². The molecule has 0 rings (SSSR count). The second-order valence-electron chi connectivity index (χ2n) is 4.48. The van der Waals surface area contributed by atoms with E-state index in [1.165, 1.54) is 19.3 Å². The molecule has 0 saturated carbocycles. The number of unbranched alkanes of at least 4 members (excludes halogenated alkanes) is 1. The summed E-state index contributed by atoms with van der Waals surface area (Å²) in [6.07, 6.45) is 5.72. The Bertz CT molecular complexity index is 134. The maximum absolute atomic E-state index is 9.83. The Hall–Kier alpha value is -0.0800. The molecule has 0 aromatic heterocycles. The van der Waals surface area contributed by atoms with Crippen molar-refractivity contribution >= 4 is 0 Å². The summed E-state index contributed by atoms with van der Waals surface area (Å²) >= 11 is 0. The van der Waals surface area contributed by atoms with Gasteiger partial charge in [-0.2, -0.15) is 0 Å². The highest BCUT2D eigenvalue weighted by Crippen LogP contribution is 2.09. The van der Waals surface area contributed by atoms with Crippen LogP contribution in [0.25, 0.3) is 0 Å². The highest BCUT2D eigenvalue weighted by molar-refractivity contribution is 4.76. The van der Waals surface area contributed by atoms with E-state index in [4.69, 9.17) is 0 Å². The highest BCUT2D eigenvalue weighted by atomic mass is 16.3. The standard InChI is InChI=1S/C12H27NO/c1-5-8-9-11(6-2)13-10-12(4,14)7-3/h11,13-14H,5-10H2,1-4H3. The average Bonchev–Trinajstić information content (AvgIpc) is 2.18. The first-order chi connectivity index (χ1) is 6.55. The van der Waals surface area contributed by atoms with Crippen molar-refractivity contribution in [3.63, 3.8) is 0 Å². The normalized spacial score (nSPS) is 17.8. The van der Waals surface area contributed by atoms with Gasteiger partial charge in [0.1, 0.15) is 0 Å². The number of nitrogens with one attached hydrogen (secondary N) is 1. The fourth-order valence-corrected chi connectivity index (χ4v) is 1.39. The lowest BCUT2D eigenvalue weighted by Crippen LogP contribution is -2.41. The summed E-state index contributed by atoms with van der Waals surface area (Å²) in [5.41, 5.74) is -0.542. The van der Waals surface area contributed by atoms with Crippen molar-refractivity contribution in [2.45, 2.75) is 71.4 Å². The maximum Gasteiger partial charge on any atom is 0.0741 e. The van der Waals surface area contributed by atoms with E-state index in [0.29, 0.717) is 12.6 Å². The second kappa shape index (κ2) is 7.24. The molecule has 0 amide bonds. The molecular weight excluding hydrogens is 174 g/mol. The molecule has 0 spiro atoms. The van der Waals surface area contributed by atoms with Crippen molar-refractivity contribution in [3.05, 3.63) is 0 Å². The van der Waals surface area contributed by atoms with Gasteiger partial charge in [-0.25, -0.2) is 0 Å². The first-order valence-corrected chi connectivity index (χ1v) is 6.01. The van der Waals surface area contributed by atoms with Gasteiger partial charge in [-0.1, -0.05) is 33.6 Å². The third-order valence-electron chi connectivity index (χ3n) is 2.93. The molecule has 0 aromatic carbocycles. The maximum atomic E-state index is 9.83. The number of hydrogen-bond acceptors (Lipinski definition) is 2. The van der Waals surface area contributed by atoms with Crippen LogP contribution in [0.5, 0.6) is 0 Å². The van der Waals surface area contributed by atoms with Crippen LogP contribution in [0.2, 0.25) is 0 Å². The van der Waals surface area contributed by atoms with Crippen LogP contribution in [0.4, 0.5) is 0 Å². The Balaban J connectivity index is 3.71. The van der Waals surface area contributed by atoms with E-state index < -0.39 is 5.60 Å². The predicted octanol–water partition coefficient (Wildman–Crippen LogP) is 2.71. The van der Waals surface area contributed by atoms with Gasteiger partial charge in [0.15, 0.2) is 0 Å². The van der Waals surface area contributed by atoms with Crippen LogP contribution in [-0.2, 0) is 0 Å². The lowest BCUT2D eigenvalue weighted by molar-refractivity contribution is 0.0522. The molecule has 14 heavy (non-hydrogen) atoms. The van der Waals surface area contributed by atoms with Gasteiger partial charge in [-0.3, -0.25) is 0 Å². The molecule has 0 heterocycles. The van der Waals surface area contributed by atoms with Crippen LogP contribution in [0.3, 0.4) is 0 Å². The smallest absolute Gasteiger partial charge is 0.0741 e. The molecule has 2 nitrogen and oxygen atoms in total. The van der Waals surface area contributed by atoms with Crippen molar-refractivity contribution in [2.24, 2.45) is 0 Å². The van der Waals surface area contributed by atoms with E-state index in [2.05, 4.69) is 19.2 Å². The first-order valence-electron chi connectivity index (χ1n) is 6.01. The van der Waals surface area contributed by atoms with E-state index in [1.54, 1.807) is 0 Å². The van der Waals surface area contributed by atoms with Crippen LogP contribution in [0.1, 0.15) is 59.8 Å². The molecule has 0 aromatic rings. The Labute approximate surface area is 89.1 Å². The lowest BCUT2D eigenvalue weighted by Gasteiger charge is -2.25. The quantitative estimate of drug-likeness (QED) is 0.633. The molecule has 0 fully saturated rings. The zero-order valence-corrected chi connectivity index (χ0v) is 10.3. The molecule has 0 bridgehead atoms. The second-order valence-corrected chi connectivity index (χ2v) is 4.48. The van der Waals surface area contributed by atoms with E-state index in [-0.39, 0.29) is 0 Å². The molecule has 0 aliphatic rings. The molecule has 0 aliphatic carbocycles. The summed E-state index contributed by atoms with van der Waals surface area (Å²) in [6.45, 7) is 9.05. The van der Waals surface area contributed by atoms with Crippen LogP contribution in [0, 0.1) is 0 Å². The summed E-state index contributed by atoms with van der Waals surface area (Å²) in [4.78, 5) is 0. The van der Waals surface area contributed by atoms with Gasteiger partial charge in [0.05, 0.1) is 5.60 Å². The van der Waals surface area contributed by atoms with Gasteiger partial charge in [-0.05, 0) is 26.2 Å². The van der Waals surface area contributed by atoms with Crippen molar-refractivity contribution in [1.29, 1.82) is 0 Å². The number of rotatable bonds is 8.